The number of hydrogen-bond donors (Lipinski definition) is 2. The molecule has 5 nitrogen and oxygen atoms in total. The third-order valence-corrected chi connectivity index (χ3v) is 4.54. The number of sulfonamides is 1. The SMILES string of the molecule is CCc1cn[nH]c1NS(=O)(=O)c1ccc(I)cc1. The fourth-order valence-electron chi connectivity index (χ4n) is 1.47. The molecule has 0 atom stereocenters. The minimum absolute atomic E-state index is 0.236. The lowest BCUT2D eigenvalue weighted by atomic mass is 10.3. The molecular formula is C11H12IN3O2S. The van der Waals surface area contributed by atoms with Gasteiger partial charge in [0.15, 0.2) is 0 Å². The summed E-state index contributed by atoms with van der Waals surface area (Å²) in [4.78, 5) is 0.236. The Morgan fingerprint density at radius 1 is 1.33 bits per heavy atom. The molecular weight excluding hydrogens is 365 g/mol. The van der Waals surface area contributed by atoms with Gasteiger partial charge in [0.05, 0.1) is 11.1 Å². The van der Waals surface area contributed by atoms with Gasteiger partial charge in [0.25, 0.3) is 10.0 Å². The number of nitrogens with one attached hydrogen (secondary N) is 2. The highest BCUT2D eigenvalue weighted by Crippen LogP contribution is 2.18. The molecule has 0 spiro atoms. The molecule has 0 fully saturated rings. The molecule has 2 N–H and O–H groups in total. The number of anilines is 1. The van der Waals surface area contributed by atoms with Crippen molar-refractivity contribution in [3.8, 4) is 0 Å². The normalized spacial score (nSPS) is 11.4. The second kappa shape index (κ2) is 5.27. The summed E-state index contributed by atoms with van der Waals surface area (Å²) in [5.41, 5.74) is 0.837. The van der Waals surface area contributed by atoms with Crippen LogP contribution in [-0.2, 0) is 16.4 Å². The summed E-state index contributed by atoms with van der Waals surface area (Å²) in [6.07, 6.45) is 2.33. The monoisotopic (exact) mass is 377 g/mol. The van der Waals surface area contributed by atoms with E-state index in [9.17, 15) is 8.42 Å². The Kier molecular flexibility index (Phi) is 3.91. The van der Waals surface area contributed by atoms with Crippen LogP contribution in [0.1, 0.15) is 12.5 Å². The molecule has 0 aliphatic carbocycles. The standard InChI is InChI=1S/C11H12IN3O2S/c1-2-8-7-13-14-11(8)15-18(16,17)10-5-3-9(12)4-6-10/h3-7H,2H2,1H3,(H2,13,14,15). The van der Waals surface area contributed by atoms with E-state index < -0.39 is 10.0 Å². The van der Waals surface area contributed by atoms with E-state index in [0.29, 0.717) is 12.2 Å². The number of hydrogen-bond acceptors (Lipinski definition) is 3. The predicted octanol–water partition coefficient (Wildman–Crippen LogP) is 2.38. The number of halogens is 1. The third kappa shape index (κ3) is 2.83. The Morgan fingerprint density at radius 2 is 2.00 bits per heavy atom. The molecule has 0 aliphatic heterocycles. The van der Waals surface area contributed by atoms with Crippen molar-refractivity contribution in [3.63, 3.8) is 0 Å². The number of benzene rings is 1. The zero-order chi connectivity index (χ0) is 13.2. The van der Waals surface area contributed by atoms with Crippen LogP contribution in [-0.4, -0.2) is 18.6 Å². The number of aryl methyl sites for hydroxylation is 1. The minimum Gasteiger partial charge on any atom is -0.264 e. The molecule has 1 aromatic heterocycles. The van der Waals surface area contributed by atoms with Crippen LogP contribution in [0.4, 0.5) is 5.82 Å². The second-order valence-corrected chi connectivity index (χ2v) is 6.61. The van der Waals surface area contributed by atoms with Gasteiger partial charge in [0.2, 0.25) is 0 Å². The Morgan fingerprint density at radius 3 is 2.61 bits per heavy atom. The smallest absolute Gasteiger partial charge is 0.263 e. The van der Waals surface area contributed by atoms with Crippen molar-refractivity contribution in [2.45, 2.75) is 18.2 Å². The molecule has 0 saturated carbocycles. The first-order valence-electron chi connectivity index (χ1n) is 5.33. The van der Waals surface area contributed by atoms with E-state index in [2.05, 4.69) is 37.5 Å². The predicted molar refractivity (Wildman–Crippen MR) is 77.9 cm³/mol. The van der Waals surface area contributed by atoms with Crippen molar-refractivity contribution in [3.05, 3.63) is 39.6 Å². The Bertz CT molecular complexity index is 635. The van der Waals surface area contributed by atoms with E-state index in [1.165, 1.54) is 0 Å². The van der Waals surface area contributed by atoms with E-state index in [1.807, 2.05) is 6.92 Å². The van der Waals surface area contributed by atoms with E-state index in [-0.39, 0.29) is 4.90 Å². The lowest BCUT2D eigenvalue weighted by Gasteiger charge is -2.07. The van der Waals surface area contributed by atoms with Crippen molar-refractivity contribution in [1.29, 1.82) is 0 Å². The van der Waals surface area contributed by atoms with Crippen LogP contribution < -0.4 is 4.72 Å². The van der Waals surface area contributed by atoms with Crippen LogP contribution in [0.2, 0.25) is 0 Å². The molecule has 0 saturated heterocycles. The molecule has 18 heavy (non-hydrogen) atoms. The van der Waals surface area contributed by atoms with Crippen LogP contribution in [0, 0.1) is 3.57 Å². The zero-order valence-corrected chi connectivity index (χ0v) is 12.6. The average molecular weight is 377 g/mol. The zero-order valence-electron chi connectivity index (χ0n) is 9.64. The summed E-state index contributed by atoms with van der Waals surface area (Å²) in [6, 6.07) is 6.66. The lowest BCUT2D eigenvalue weighted by Crippen LogP contribution is -2.14. The summed E-state index contributed by atoms with van der Waals surface area (Å²) >= 11 is 2.13. The Hall–Kier alpha value is -1.09. The Balaban J connectivity index is 2.30. The molecule has 0 amide bonds. The van der Waals surface area contributed by atoms with Crippen molar-refractivity contribution in [1.82, 2.24) is 10.2 Å². The molecule has 1 heterocycles. The molecule has 2 rings (SSSR count). The van der Waals surface area contributed by atoms with E-state index >= 15 is 0 Å². The largest absolute Gasteiger partial charge is 0.264 e. The summed E-state index contributed by atoms with van der Waals surface area (Å²) in [7, 11) is -3.56. The van der Waals surface area contributed by atoms with Gasteiger partial charge >= 0.3 is 0 Å². The quantitative estimate of drug-likeness (QED) is 0.804. The van der Waals surface area contributed by atoms with Gasteiger partial charge in [-0.25, -0.2) is 8.42 Å². The van der Waals surface area contributed by atoms with Crippen molar-refractivity contribution < 1.29 is 8.42 Å². The van der Waals surface area contributed by atoms with Gasteiger partial charge < -0.3 is 0 Å². The fourth-order valence-corrected chi connectivity index (χ4v) is 2.89. The molecule has 0 unspecified atom stereocenters. The van der Waals surface area contributed by atoms with Crippen LogP contribution in [0.3, 0.4) is 0 Å². The molecule has 2 aromatic rings. The van der Waals surface area contributed by atoms with Crippen LogP contribution in [0.15, 0.2) is 35.4 Å². The third-order valence-electron chi connectivity index (χ3n) is 2.46. The molecule has 0 bridgehead atoms. The molecule has 0 radical (unpaired) electrons. The number of nitrogens with zero attached hydrogens (tertiary/aromatic N) is 1. The first-order chi connectivity index (χ1) is 8.53. The van der Waals surface area contributed by atoms with Gasteiger partial charge in [-0.1, -0.05) is 6.92 Å². The fraction of sp³-hybridized carbons (Fsp3) is 0.182. The second-order valence-electron chi connectivity index (χ2n) is 3.68. The first kappa shape index (κ1) is 13.3. The van der Waals surface area contributed by atoms with Gasteiger partial charge in [-0.3, -0.25) is 9.82 Å². The van der Waals surface area contributed by atoms with E-state index in [4.69, 9.17) is 0 Å². The summed E-state index contributed by atoms with van der Waals surface area (Å²) in [5, 5.41) is 6.48. The molecule has 1 aromatic carbocycles. The van der Waals surface area contributed by atoms with E-state index in [0.717, 1.165) is 9.13 Å². The van der Waals surface area contributed by atoms with Crippen molar-refractivity contribution in [2.75, 3.05) is 4.72 Å². The average Bonchev–Trinajstić information content (AvgIpc) is 2.76. The van der Waals surface area contributed by atoms with Crippen molar-refractivity contribution >= 4 is 38.4 Å². The summed E-state index contributed by atoms with van der Waals surface area (Å²) < 4.78 is 27.7. The van der Waals surface area contributed by atoms with E-state index in [1.54, 1.807) is 30.5 Å². The highest BCUT2D eigenvalue weighted by Gasteiger charge is 2.16. The first-order valence-corrected chi connectivity index (χ1v) is 7.89. The number of aromatic nitrogens is 2. The van der Waals surface area contributed by atoms with Crippen LogP contribution in [0.5, 0.6) is 0 Å². The van der Waals surface area contributed by atoms with Gasteiger partial charge in [-0.15, -0.1) is 0 Å². The molecule has 7 heteroatoms. The number of rotatable bonds is 4. The van der Waals surface area contributed by atoms with Crippen molar-refractivity contribution in [2.24, 2.45) is 0 Å². The molecule has 96 valence electrons. The topological polar surface area (TPSA) is 74.8 Å². The maximum absolute atomic E-state index is 12.1. The highest BCUT2D eigenvalue weighted by atomic mass is 127. The Labute approximate surface area is 119 Å². The number of H-pyrrole nitrogens is 1. The highest BCUT2D eigenvalue weighted by molar-refractivity contribution is 14.1. The lowest BCUT2D eigenvalue weighted by molar-refractivity contribution is 0.601. The number of aromatic amines is 1. The van der Waals surface area contributed by atoms with Gasteiger partial charge in [-0.2, -0.15) is 5.10 Å². The molecule has 0 aliphatic rings. The van der Waals surface area contributed by atoms with Gasteiger partial charge in [-0.05, 0) is 53.3 Å². The van der Waals surface area contributed by atoms with Crippen LogP contribution >= 0.6 is 22.6 Å². The van der Waals surface area contributed by atoms with Gasteiger partial charge in [0.1, 0.15) is 5.82 Å². The maximum atomic E-state index is 12.1. The summed E-state index contributed by atoms with van der Waals surface area (Å²) in [6.45, 7) is 1.94. The van der Waals surface area contributed by atoms with Gasteiger partial charge in [0, 0.05) is 9.13 Å². The maximum Gasteiger partial charge on any atom is 0.263 e. The summed E-state index contributed by atoms with van der Waals surface area (Å²) in [5.74, 6) is 0.427. The van der Waals surface area contributed by atoms with Crippen LogP contribution in [0.25, 0.3) is 0 Å². The minimum atomic E-state index is -3.56.